The van der Waals surface area contributed by atoms with Gasteiger partial charge in [0.2, 0.25) is 11.1 Å². The third-order valence-electron chi connectivity index (χ3n) is 1.49. The Morgan fingerprint density at radius 1 is 1.53 bits per heavy atom. The molecule has 1 rings (SSSR count). The minimum Gasteiger partial charge on any atom is -0.384 e. The van der Waals surface area contributed by atoms with E-state index in [0.29, 0.717) is 5.56 Å². The van der Waals surface area contributed by atoms with Gasteiger partial charge in [-0.15, -0.1) is 0 Å². The Hall–Kier alpha value is -0.990. The third kappa shape index (κ3) is 3.94. The number of anilines is 1. The first-order chi connectivity index (χ1) is 6.78. The number of aromatic nitrogens is 1. The second kappa shape index (κ2) is 4.25. The van der Waals surface area contributed by atoms with E-state index in [1.165, 1.54) is 12.1 Å². The minimum atomic E-state index is -3.20. The summed E-state index contributed by atoms with van der Waals surface area (Å²) in [4.78, 5) is 3.60. The zero-order valence-electron chi connectivity index (χ0n) is 7.87. The fourth-order valence-corrected chi connectivity index (χ4v) is 2.27. The Bertz CT molecular complexity index is 498. The predicted molar refractivity (Wildman–Crippen MR) is 56.2 cm³/mol. The van der Waals surface area contributed by atoms with Gasteiger partial charge in [-0.25, -0.2) is 17.6 Å². The molecule has 1 aromatic rings. The number of nitrogen functional groups attached to an aromatic ring is 1. The largest absolute Gasteiger partial charge is 0.384 e. The zero-order chi connectivity index (χ0) is 11.6. The monoisotopic (exact) mass is 250 g/mol. The van der Waals surface area contributed by atoms with Crippen LogP contribution in [0.1, 0.15) is 5.56 Å². The molecule has 1 aromatic heterocycles. The van der Waals surface area contributed by atoms with Gasteiger partial charge in [-0.1, -0.05) is 0 Å². The SMILES string of the molecule is CS(=O)(=O)Cc1cc(N)nc(S(=O)O)c1. The van der Waals surface area contributed by atoms with Crippen molar-refractivity contribution in [3.05, 3.63) is 17.7 Å². The summed E-state index contributed by atoms with van der Waals surface area (Å²) in [6, 6.07) is 2.60. The molecule has 0 saturated carbocycles. The van der Waals surface area contributed by atoms with Gasteiger partial charge in [0.25, 0.3) is 0 Å². The summed E-state index contributed by atoms with van der Waals surface area (Å²) in [6.45, 7) is 0. The second-order valence-corrected chi connectivity index (χ2v) is 6.11. The summed E-state index contributed by atoms with van der Waals surface area (Å²) in [5.74, 6) is -0.210. The van der Waals surface area contributed by atoms with Crippen LogP contribution in [-0.4, -0.2) is 28.4 Å². The van der Waals surface area contributed by atoms with E-state index in [0.717, 1.165) is 6.26 Å². The molecule has 0 fully saturated rings. The molecule has 0 bridgehead atoms. The van der Waals surface area contributed by atoms with E-state index in [4.69, 9.17) is 10.3 Å². The van der Waals surface area contributed by atoms with Crippen LogP contribution >= 0.6 is 0 Å². The molecule has 0 spiro atoms. The van der Waals surface area contributed by atoms with Crippen LogP contribution in [0, 0.1) is 0 Å². The van der Waals surface area contributed by atoms with Crippen molar-refractivity contribution in [1.29, 1.82) is 0 Å². The summed E-state index contributed by atoms with van der Waals surface area (Å²) in [7, 11) is -3.20. The van der Waals surface area contributed by atoms with Gasteiger partial charge < -0.3 is 10.3 Å². The predicted octanol–water partition coefficient (Wildman–Crippen LogP) is -0.211. The Morgan fingerprint density at radius 2 is 2.13 bits per heavy atom. The van der Waals surface area contributed by atoms with Gasteiger partial charge >= 0.3 is 0 Å². The van der Waals surface area contributed by atoms with E-state index < -0.39 is 20.9 Å². The first-order valence-electron chi connectivity index (χ1n) is 3.83. The average Bonchev–Trinajstić information content (AvgIpc) is 1.99. The molecule has 1 heterocycles. The molecule has 3 N–H and O–H groups in total. The fourth-order valence-electron chi connectivity index (χ4n) is 1.06. The van der Waals surface area contributed by atoms with Gasteiger partial charge in [0.15, 0.2) is 14.9 Å². The van der Waals surface area contributed by atoms with Crippen molar-refractivity contribution in [2.75, 3.05) is 12.0 Å². The lowest BCUT2D eigenvalue weighted by atomic mass is 10.3. The highest BCUT2D eigenvalue weighted by Crippen LogP contribution is 2.12. The maximum atomic E-state index is 11.0. The lowest BCUT2D eigenvalue weighted by Gasteiger charge is -2.02. The minimum absolute atomic E-state index is 0.0218. The first-order valence-corrected chi connectivity index (χ1v) is 7.00. The lowest BCUT2D eigenvalue weighted by Crippen LogP contribution is -2.05. The third-order valence-corrected chi connectivity index (χ3v) is 2.91. The number of hydrogen-bond acceptors (Lipinski definition) is 5. The smallest absolute Gasteiger partial charge is 0.205 e. The van der Waals surface area contributed by atoms with Crippen LogP contribution < -0.4 is 5.73 Å². The molecule has 0 aliphatic rings. The maximum absolute atomic E-state index is 11.0. The Kier molecular flexibility index (Phi) is 3.42. The fraction of sp³-hybridized carbons (Fsp3) is 0.286. The number of nitrogens with zero attached hydrogens (tertiary/aromatic N) is 1. The topological polar surface area (TPSA) is 110 Å². The lowest BCUT2D eigenvalue weighted by molar-refractivity contribution is 0.560. The summed E-state index contributed by atoms with van der Waals surface area (Å²) in [5.41, 5.74) is 5.71. The van der Waals surface area contributed by atoms with Crippen molar-refractivity contribution >= 4 is 26.7 Å². The van der Waals surface area contributed by atoms with E-state index >= 15 is 0 Å². The number of sulfone groups is 1. The first kappa shape index (κ1) is 12.1. The van der Waals surface area contributed by atoms with Gasteiger partial charge in [-0.05, 0) is 17.7 Å². The molecule has 0 aliphatic heterocycles. The molecule has 0 radical (unpaired) electrons. The molecule has 0 amide bonds. The molecule has 0 saturated heterocycles. The van der Waals surface area contributed by atoms with Crippen LogP contribution in [0.3, 0.4) is 0 Å². The van der Waals surface area contributed by atoms with Gasteiger partial charge in [-0.2, -0.15) is 0 Å². The highest BCUT2D eigenvalue weighted by atomic mass is 32.2. The Balaban J connectivity index is 3.15. The molecular weight excluding hydrogens is 240 g/mol. The van der Waals surface area contributed by atoms with E-state index in [1.807, 2.05) is 0 Å². The van der Waals surface area contributed by atoms with Crippen molar-refractivity contribution in [1.82, 2.24) is 4.98 Å². The number of hydrogen-bond donors (Lipinski definition) is 2. The van der Waals surface area contributed by atoms with Crippen LogP contribution in [0.5, 0.6) is 0 Å². The molecule has 15 heavy (non-hydrogen) atoms. The van der Waals surface area contributed by atoms with Crippen LogP contribution in [0.4, 0.5) is 5.82 Å². The van der Waals surface area contributed by atoms with Crippen LogP contribution in [0.25, 0.3) is 0 Å². The maximum Gasteiger partial charge on any atom is 0.205 e. The molecule has 1 atom stereocenters. The molecule has 0 aromatic carbocycles. The van der Waals surface area contributed by atoms with Gasteiger partial charge in [0, 0.05) is 6.26 Å². The number of pyridine rings is 1. The molecule has 0 aliphatic carbocycles. The van der Waals surface area contributed by atoms with E-state index in [9.17, 15) is 12.6 Å². The van der Waals surface area contributed by atoms with Gasteiger partial charge in [0.1, 0.15) is 5.82 Å². The van der Waals surface area contributed by atoms with Crippen molar-refractivity contribution in [2.45, 2.75) is 10.8 Å². The molecule has 6 nitrogen and oxygen atoms in total. The standard InChI is InChI=1S/C7H10N2O4S2/c1-15(12,13)4-5-2-6(8)9-7(3-5)14(10)11/h2-3H,4H2,1H3,(H2,8,9)(H,10,11). The highest BCUT2D eigenvalue weighted by Gasteiger charge is 2.09. The summed E-state index contributed by atoms with van der Waals surface area (Å²) in [6.07, 6.45) is 1.07. The van der Waals surface area contributed by atoms with Gasteiger partial charge in [-0.3, -0.25) is 0 Å². The molecule has 8 heteroatoms. The summed E-state index contributed by atoms with van der Waals surface area (Å²) < 4.78 is 41.5. The van der Waals surface area contributed by atoms with Crippen molar-refractivity contribution < 1.29 is 17.2 Å². The molecule has 84 valence electrons. The molecular formula is C7H10N2O4S2. The van der Waals surface area contributed by atoms with E-state index in [-0.39, 0.29) is 16.6 Å². The van der Waals surface area contributed by atoms with E-state index in [1.54, 1.807) is 0 Å². The van der Waals surface area contributed by atoms with Crippen LogP contribution in [0.15, 0.2) is 17.2 Å². The van der Waals surface area contributed by atoms with Gasteiger partial charge in [0.05, 0.1) is 5.75 Å². The number of nitrogens with two attached hydrogens (primary N) is 1. The van der Waals surface area contributed by atoms with Crippen LogP contribution in [0.2, 0.25) is 0 Å². The van der Waals surface area contributed by atoms with Crippen LogP contribution in [-0.2, 0) is 26.7 Å². The second-order valence-electron chi connectivity index (χ2n) is 3.06. The van der Waals surface area contributed by atoms with Crippen molar-refractivity contribution in [3.8, 4) is 0 Å². The van der Waals surface area contributed by atoms with Crippen molar-refractivity contribution in [2.24, 2.45) is 0 Å². The Morgan fingerprint density at radius 3 is 2.60 bits per heavy atom. The van der Waals surface area contributed by atoms with Crippen molar-refractivity contribution in [3.63, 3.8) is 0 Å². The number of rotatable bonds is 3. The molecule has 1 unspecified atom stereocenters. The Labute approximate surface area is 89.7 Å². The van der Waals surface area contributed by atoms with E-state index in [2.05, 4.69) is 4.98 Å². The zero-order valence-corrected chi connectivity index (χ0v) is 9.51. The quantitative estimate of drug-likeness (QED) is 0.718. The summed E-state index contributed by atoms with van der Waals surface area (Å²) in [5, 5.41) is -0.145. The normalized spacial score (nSPS) is 13.7. The highest BCUT2D eigenvalue weighted by molar-refractivity contribution is 7.89. The average molecular weight is 250 g/mol. The summed E-state index contributed by atoms with van der Waals surface area (Å²) >= 11 is -2.26.